The third-order valence-corrected chi connectivity index (χ3v) is 3.80. The lowest BCUT2D eigenvalue weighted by atomic mass is 10.1. The molecule has 0 aromatic heterocycles. The van der Waals surface area contributed by atoms with Gasteiger partial charge in [0, 0.05) is 22.6 Å². The summed E-state index contributed by atoms with van der Waals surface area (Å²) in [7, 11) is 0. The Labute approximate surface area is 115 Å². The van der Waals surface area contributed by atoms with Crippen molar-refractivity contribution in [3.63, 3.8) is 0 Å². The topological polar surface area (TPSA) is 12.0 Å². The van der Waals surface area contributed by atoms with Gasteiger partial charge in [0.05, 0.1) is 5.02 Å². The third kappa shape index (κ3) is 3.86. The number of hydrogen-bond donors (Lipinski definition) is 1. The molecule has 0 saturated carbocycles. The minimum atomic E-state index is -0.312. The van der Waals surface area contributed by atoms with E-state index in [1.807, 2.05) is 0 Å². The van der Waals surface area contributed by atoms with Crippen LogP contribution in [0.25, 0.3) is 0 Å². The Kier molecular flexibility index (Phi) is 6.00. The molecule has 0 radical (unpaired) electrons. The lowest BCUT2D eigenvalue weighted by Crippen LogP contribution is -2.34. The number of alkyl halides is 1. The zero-order valence-corrected chi connectivity index (χ0v) is 12.3. The van der Waals surface area contributed by atoms with Gasteiger partial charge >= 0.3 is 0 Å². The Morgan fingerprint density at radius 3 is 2.69 bits per heavy atom. The molecular weight excluding hydrogens is 339 g/mol. The highest BCUT2D eigenvalue weighted by Crippen LogP contribution is 2.18. The molecular formula is C12H16ClFIN. The fourth-order valence-corrected chi connectivity index (χ4v) is 2.92. The lowest BCUT2D eigenvalue weighted by Gasteiger charge is -2.20. The molecule has 0 bridgehead atoms. The van der Waals surface area contributed by atoms with E-state index in [1.54, 1.807) is 18.2 Å². The van der Waals surface area contributed by atoms with Crippen LogP contribution >= 0.6 is 34.2 Å². The van der Waals surface area contributed by atoms with Crippen molar-refractivity contribution in [3.8, 4) is 0 Å². The summed E-state index contributed by atoms with van der Waals surface area (Å²) in [6, 6.07) is 5.51. The molecule has 0 saturated heterocycles. The smallest absolute Gasteiger partial charge is 0.146 e. The summed E-state index contributed by atoms with van der Waals surface area (Å²) in [6.07, 6.45) is 0. The zero-order chi connectivity index (χ0) is 12.1. The van der Waals surface area contributed by atoms with Crippen LogP contribution in [0, 0.1) is 11.7 Å². The molecule has 0 heterocycles. The zero-order valence-electron chi connectivity index (χ0n) is 9.43. The summed E-state index contributed by atoms with van der Waals surface area (Å²) in [5, 5.41) is 3.54. The average molecular weight is 356 g/mol. The summed E-state index contributed by atoms with van der Waals surface area (Å²) in [5.41, 5.74) is 0.628. The molecule has 0 amide bonds. The Bertz CT molecular complexity index is 344. The molecule has 1 atom stereocenters. The molecule has 4 heteroatoms. The maximum absolute atomic E-state index is 13.6. The molecule has 0 fully saturated rings. The van der Waals surface area contributed by atoms with E-state index in [0.29, 0.717) is 24.1 Å². The van der Waals surface area contributed by atoms with Gasteiger partial charge in [-0.05, 0) is 12.0 Å². The van der Waals surface area contributed by atoms with Gasteiger partial charge in [-0.3, -0.25) is 0 Å². The highest BCUT2D eigenvalue weighted by Gasteiger charge is 2.12. The lowest BCUT2D eigenvalue weighted by molar-refractivity contribution is 0.431. The average Bonchev–Trinajstić information content (AvgIpc) is 2.24. The van der Waals surface area contributed by atoms with E-state index in [0.717, 1.165) is 4.43 Å². The van der Waals surface area contributed by atoms with Gasteiger partial charge in [-0.2, -0.15) is 0 Å². The van der Waals surface area contributed by atoms with Crippen LogP contribution in [0.5, 0.6) is 0 Å². The van der Waals surface area contributed by atoms with E-state index in [1.165, 1.54) is 0 Å². The summed E-state index contributed by atoms with van der Waals surface area (Å²) >= 11 is 8.06. The maximum Gasteiger partial charge on any atom is 0.146 e. The first kappa shape index (κ1) is 14.2. The van der Waals surface area contributed by atoms with Crippen molar-refractivity contribution in [1.82, 2.24) is 5.32 Å². The first-order valence-corrected chi connectivity index (χ1v) is 7.18. The Balaban J connectivity index is 2.64. The minimum absolute atomic E-state index is 0.190. The molecule has 16 heavy (non-hydrogen) atoms. The number of halogens is 3. The predicted octanol–water partition coefficient (Wildman–Crippen LogP) is 4.03. The first-order chi connectivity index (χ1) is 7.56. The quantitative estimate of drug-likeness (QED) is 0.621. The van der Waals surface area contributed by atoms with Crippen LogP contribution in [0.2, 0.25) is 5.02 Å². The fraction of sp³-hybridized carbons (Fsp3) is 0.500. The standard InChI is InChI=1S/C12H16ClFIN/c1-8(2)11(6-15)16-7-9-4-3-5-10(13)12(9)14/h3-5,8,11,16H,6-7H2,1-2H3. The van der Waals surface area contributed by atoms with Crippen molar-refractivity contribution in [3.05, 3.63) is 34.6 Å². The summed E-state index contributed by atoms with van der Waals surface area (Å²) in [5.74, 6) is 0.228. The van der Waals surface area contributed by atoms with Gasteiger partial charge in [-0.1, -0.05) is 60.2 Å². The molecule has 1 nitrogen and oxygen atoms in total. The Morgan fingerprint density at radius 1 is 1.44 bits per heavy atom. The second-order valence-electron chi connectivity index (χ2n) is 4.10. The van der Waals surface area contributed by atoms with E-state index in [-0.39, 0.29) is 10.8 Å². The third-order valence-electron chi connectivity index (χ3n) is 2.56. The van der Waals surface area contributed by atoms with Crippen LogP contribution in [0.1, 0.15) is 19.4 Å². The highest BCUT2D eigenvalue weighted by molar-refractivity contribution is 14.1. The molecule has 1 N–H and O–H groups in total. The SMILES string of the molecule is CC(C)C(CI)NCc1cccc(Cl)c1F. The number of rotatable bonds is 5. The number of benzene rings is 1. The normalized spacial score (nSPS) is 13.1. The Morgan fingerprint density at radius 2 is 2.12 bits per heavy atom. The van der Waals surface area contributed by atoms with Gasteiger partial charge in [0.25, 0.3) is 0 Å². The van der Waals surface area contributed by atoms with Crippen molar-refractivity contribution in [2.24, 2.45) is 5.92 Å². The van der Waals surface area contributed by atoms with Gasteiger partial charge in [0.1, 0.15) is 5.82 Å². The second-order valence-corrected chi connectivity index (χ2v) is 5.39. The van der Waals surface area contributed by atoms with E-state index in [2.05, 4.69) is 41.8 Å². The van der Waals surface area contributed by atoms with Crippen molar-refractivity contribution in [2.45, 2.75) is 26.4 Å². The maximum atomic E-state index is 13.6. The molecule has 0 aliphatic rings. The molecule has 1 rings (SSSR count). The van der Waals surface area contributed by atoms with E-state index >= 15 is 0 Å². The van der Waals surface area contributed by atoms with Crippen molar-refractivity contribution in [2.75, 3.05) is 4.43 Å². The van der Waals surface area contributed by atoms with E-state index in [9.17, 15) is 4.39 Å². The fourth-order valence-electron chi connectivity index (χ4n) is 1.39. The van der Waals surface area contributed by atoms with Crippen molar-refractivity contribution >= 4 is 34.2 Å². The van der Waals surface area contributed by atoms with Gasteiger partial charge in [0.15, 0.2) is 0 Å². The summed E-state index contributed by atoms with van der Waals surface area (Å²) < 4.78 is 14.6. The predicted molar refractivity (Wildman–Crippen MR) is 75.8 cm³/mol. The molecule has 1 aromatic carbocycles. The second kappa shape index (κ2) is 6.77. The van der Waals surface area contributed by atoms with Crippen LogP contribution in [-0.2, 0) is 6.54 Å². The van der Waals surface area contributed by atoms with E-state index < -0.39 is 0 Å². The van der Waals surface area contributed by atoms with Crippen molar-refractivity contribution < 1.29 is 4.39 Å². The van der Waals surface area contributed by atoms with Crippen LogP contribution in [0.15, 0.2) is 18.2 Å². The van der Waals surface area contributed by atoms with Crippen LogP contribution in [-0.4, -0.2) is 10.5 Å². The van der Waals surface area contributed by atoms with Crippen LogP contribution in [0.3, 0.4) is 0 Å². The van der Waals surface area contributed by atoms with Gasteiger partial charge in [-0.15, -0.1) is 0 Å². The molecule has 1 aromatic rings. The summed E-state index contributed by atoms with van der Waals surface area (Å²) in [6.45, 7) is 4.84. The molecule has 90 valence electrons. The first-order valence-electron chi connectivity index (χ1n) is 5.28. The van der Waals surface area contributed by atoms with Gasteiger partial charge in [0.2, 0.25) is 0 Å². The van der Waals surface area contributed by atoms with Gasteiger partial charge in [-0.25, -0.2) is 4.39 Å². The monoisotopic (exact) mass is 355 g/mol. The highest BCUT2D eigenvalue weighted by atomic mass is 127. The largest absolute Gasteiger partial charge is 0.309 e. The van der Waals surface area contributed by atoms with E-state index in [4.69, 9.17) is 11.6 Å². The van der Waals surface area contributed by atoms with Crippen LogP contribution in [0.4, 0.5) is 4.39 Å². The molecule has 0 aliphatic carbocycles. The number of hydrogen-bond acceptors (Lipinski definition) is 1. The molecule has 1 unspecified atom stereocenters. The Hall–Kier alpha value is 0.130. The molecule has 0 aliphatic heterocycles. The van der Waals surface area contributed by atoms with Crippen LogP contribution < -0.4 is 5.32 Å². The van der Waals surface area contributed by atoms with Gasteiger partial charge < -0.3 is 5.32 Å². The van der Waals surface area contributed by atoms with Crippen molar-refractivity contribution in [1.29, 1.82) is 0 Å². The number of nitrogens with one attached hydrogen (secondary N) is 1. The molecule has 0 spiro atoms. The minimum Gasteiger partial charge on any atom is -0.309 e. The summed E-state index contributed by atoms with van der Waals surface area (Å²) in [4.78, 5) is 0.